The van der Waals surface area contributed by atoms with Gasteiger partial charge in [0, 0.05) is 13.0 Å². The molecule has 5 nitrogen and oxygen atoms in total. The third-order valence-corrected chi connectivity index (χ3v) is 6.30. The molecule has 0 radical (unpaired) electrons. The number of likely N-dealkylation sites (tertiary alicyclic amines) is 1. The molecule has 1 heterocycles. The van der Waals surface area contributed by atoms with Crippen LogP contribution in [0.5, 0.6) is 0 Å². The lowest BCUT2D eigenvalue weighted by Crippen LogP contribution is -2.34. The van der Waals surface area contributed by atoms with E-state index in [1.54, 1.807) is 24.3 Å². The van der Waals surface area contributed by atoms with Gasteiger partial charge in [-0.1, -0.05) is 61.5 Å². The van der Waals surface area contributed by atoms with Crippen molar-refractivity contribution in [1.29, 1.82) is 0 Å². The number of carboxylic acids is 1. The first-order chi connectivity index (χ1) is 15.4. The second-order valence-corrected chi connectivity index (χ2v) is 8.68. The molecule has 0 bridgehead atoms. The Morgan fingerprint density at radius 3 is 2.47 bits per heavy atom. The number of aromatic carboxylic acids is 1. The highest BCUT2D eigenvalue weighted by atomic mass is 16.4. The Morgan fingerprint density at radius 1 is 1.09 bits per heavy atom. The van der Waals surface area contributed by atoms with Crippen molar-refractivity contribution in [2.45, 2.75) is 57.6 Å². The molecule has 0 aliphatic carbocycles. The Bertz CT molecular complexity index is 907. The molecule has 0 unspecified atom stereocenters. The van der Waals surface area contributed by atoms with E-state index in [1.807, 2.05) is 23.1 Å². The summed E-state index contributed by atoms with van der Waals surface area (Å²) in [4.78, 5) is 25.2. The third-order valence-electron chi connectivity index (χ3n) is 6.30. The number of rotatable bonds is 11. The molecule has 5 heteroatoms. The Morgan fingerprint density at radius 2 is 1.78 bits per heavy atom. The second kappa shape index (κ2) is 11.6. The lowest BCUT2D eigenvalue weighted by atomic mass is 9.95. The monoisotopic (exact) mass is 435 g/mol. The molecule has 2 N–H and O–H groups in total. The van der Waals surface area contributed by atoms with Crippen molar-refractivity contribution in [3.63, 3.8) is 0 Å². The van der Waals surface area contributed by atoms with Crippen LogP contribution in [0, 0.1) is 5.92 Å². The summed E-state index contributed by atoms with van der Waals surface area (Å²) in [5.41, 5.74) is 2.59. The van der Waals surface area contributed by atoms with Crippen molar-refractivity contribution in [3.05, 3.63) is 83.4 Å². The average molecular weight is 436 g/mol. The number of hydrogen-bond acceptors (Lipinski definition) is 3. The molecule has 0 aromatic heterocycles. The van der Waals surface area contributed by atoms with Gasteiger partial charge in [0.25, 0.3) is 0 Å². The van der Waals surface area contributed by atoms with Crippen LogP contribution >= 0.6 is 0 Å². The first kappa shape index (κ1) is 23.7. The first-order valence-electron chi connectivity index (χ1n) is 11.5. The molecule has 3 rings (SSSR count). The van der Waals surface area contributed by atoms with E-state index in [4.69, 9.17) is 5.11 Å². The third kappa shape index (κ3) is 6.79. The van der Waals surface area contributed by atoms with Crippen LogP contribution in [0.2, 0.25) is 0 Å². The van der Waals surface area contributed by atoms with Crippen LogP contribution in [-0.2, 0) is 17.6 Å². The summed E-state index contributed by atoms with van der Waals surface area (Å²) in [6.45, 7) is 2.65. The van der Waals surface area contributed by atoms with Crippen molar-refractivity contribution >= 4 is 11.9 Å². The van der Waals surface area contributed by atoms with Crippen LogP contribution in [0.15, 0.2) is 66.7 Å². The van der Waals surface area contributed by atoms with Gasteiger partial charge in [-0.15, -0.1) is 0 Å². The summed E-state index contributed by atoms with van der Waals surface area (Å²) in [5, 5.41) is 19.6. The summed E-state index contributed by atoms with van der Waals surface area (Å²) in [5.74, 6) is -0.648. The molecule has 1 aliphatic rings. The standard InChI is InChI=1S/C27H33NO4/c1-20(6-5-9-21-7-3-2-4-8-21)25(29)16-14-24-15-17-26(30)28(24)19-18-22-10-12-23(13-11-22)27(31)32/h2-4,7-8,10-14,16,20,24-25,29H,5-6,9,15,17-19H2,1H3,(H,31,32)/t20-,24-,25-/m0/s1. The van der Waals surface area contributed by atoms with Crippen LogP contribution < -0.4 is 0 Å². The van der Waals surface area contributed by atoms with E-state index in [-0.39, 0.29) is 23.4 Å². The molecule has 0 spiro atoms. The molecule has 2 aromatic rings. The summed E-state index contributed by atoms with van der Waals surface area (Å²) in [7, 11) is 0. The number of carboxylic acid groups (broad SMARTS) is 1. The molecule has 32 heavy (non-hydrogen) atoms. The molecule has 2 aromatic carbocycles. The van der Waals surface area contributed by atoms with Gasteiger partial charge < -0.3 is 15.1 Å². The zero-order valence-corrected chi connectivity index (χ0v) is 18.7. The van der Waals surface area contributed by atoms with Crippen molar-refractivity contribution < 1.29 is 19.8 Å². The van der Waals surface area contributed by atoms with Gasteiger partial charge >= 0.3 is 5.97 Å². The molecule has 1 saturated heterocycles. The number of aliphatic hydroxyl groups is 1. The summed E-state index contributed by atoms with van der Waals surface area (Å²) >= 11 is 0. The van der Waals surface area contributed by atoms with Crippen LogP contribution in [-0.4, -0.2) is 45.7 Å². The second-order valence-electron chi connectivity index (χ2n) is 8.68. The van der Waals surface area contributed by atoms with Gasteiger partial charge in [0.2, 0.25) is 5.91 Å². The lowest BCUT2D eigenvalue weighted by Gasteiger charge is -2.23. The number of aryl methyl sites for hydroxylation is 1. The molecule has 3 atom stereocenters. The van der Waals surface area contributed by atoms with Gasteiger partial charge in [-0.3, -0.25) is 4.79 Å². The van der Waals surface area contributed by atoms with Crippen LogP contribution in [0.25, 0.3) is 0 Å². The van der Waals surface area contributed by atoms with E-state index >= 15 is 0 Å². The van der Waals surface area contributed by atoms with Gasteiger partial charge in [0.15, 0.2) is 0 Å². The smallest absolute Gasteiger partial charge is 0.335 e. The minimum atomic E-state index is -0.940. The maximum absolute atomic E-state index is 12.4. The van der Waals surface area contributed by atoms with Gasteiger partial charge in [-0.25, -0.2) is 4.79 Å². The van der Waals surface area contributed by atoms with E-state index in [0.29, 0.717) is 19.4 Å². The fourth-order valence-electron chi connectivity index (χ4n) is 4.19. The Hall–Kier alpha value is -2.92. The minimum absolute atomic E-state index is 0.00645. The quantitative estimate of drug-likeness (QED) is 0.510. The van der Waals surface area contributed by atoms with Crippen LogP contribution in [0.4, 0.5) is 0 Å². The Kier molecular flexibility index (Phi) is 8.63. The minimum Gasteiger partial charge on any atom is -0.478 e. The van der Waals surface area contributed by atoms with Crippen molar-refractivity contribution in [3.8, 4) is 0 Å². The SMILES string of the molecule is C[C@@H](CCCc1ccccc1)[C@@H](O)C=C[C@H]1CCC(=O)N1CCc1ccc(C(=O)O)cc1. The van der Waals surface area contributed by atoms with Crippen LogP contribution in [0.3, 0.4) is 0 Å². The topological polar surface area (TPSA) is 77.8 Å². The maximum Gasteiger partial charge on any atom is 0.335 e. The van der Waals surface area contributed by atoms with E-state index < -0.39 is 12.1 Å². The van der Waals surface area contributed by atoms with Gasteiger partial charge in [0.1, 0.15) is 0 Å². The van der Waals surface area contributed by atoms with Crippen molar-refractivity contribution in [1.82, 2.24) is 4.90 Å². The molecule has 1 amide bonds. The van der Waals surface area contributed by atoms with E-state index in [9.17, 15) is 14.7 Å². The number of nitrogens with zero attached hydrogens (tertiary/aromatic N) is 1. The lowest BCUT2D eigenvalue weighted by molar-refractivity contribution is -0.128. The zero-order valence-electron chi connectivity index (χ0n) is 18.7. The molecule has 170 valence electrons. The van der Waals surface area contributed by atoms with Crippen LogP contribution in [0.1, 0.15) is 54.1 Å². The number of carbonyl (C=O) groups excluding carboxylic acids is 1. The average Bonchev–Trinajstić information content (AvgIpc) is 3.16. The predicted molar refractivity (Wildman–Crippen MR) is 126 cm³/mol. The fraction of sp³-hybridized carbons (Fsp3) is 0.407. The molecule has 0 saturated carbocycles. The fourth-order valence-corrected chi connectivity index (χ4v) is 4.19. The number of aliphatic hydroxyl groups excluding tert-OH is 1. The maximum atomic E-state index is 12.4. The van der Waals surface area contributed by atoms with E-state index in [1.165, 1.54) is 5.56 Å². The van der Waals surface area contributed by atoms with Gasteiger partial charge in [0.05, 0.1) is 17.7 Å². The van der Waals surface area contributed by atoms with Gasteiger partial charge in [-0.2, -0.15) is 0 Å². The summed E-state index contributed by atoms with van der Waals surface area (Å²) < 4.78 is 0. The van der Waals surface area contributed by atoms with Gasteiger partial charge in [-0.05, 0) is 61.3 Å². The van der Waals surface area contributed by atoms with E-state index in [2.05, 4.69) is 31.2 Å². The highest BCUT2D eigenvalue weighted by molar-refractivity contribution is 5.87. The first-order valence-corrected chi connectivity index (χ1v) is 11.5. The largest absolute Gasteiger partial charge is 0.478 e. The summed E-state index contributed by atoms with van der Waals surface area (Å²) in [6, 6.07) is 17.2. The van der Waals surface area contributed by atoms with E-state index in [0.717, 1.165) is 31.2 Å². The van der Waals surface area contributed by atoms with Crippen molar-refractivity contribution in [2.24, 2.45) is 5.92 Å². The molecule has 1 fully saturated rings. The highest BCUT2D eigenvalue weighted by Crippen LogP contribution is 2.22. The number of benzene rings is 2. The number of carbonyl (C=O) groups is 2. The number of hydrogen-bond donors (Lipinski definition) is 2. The molecular formula is C27H33NO4. The number of amides is 1. The molecular weight excluding hydrogens is 402 g/mol. The molecule has 1 aliphatic heterocycles. The van der Waals surface area contributed by atoms with Crippen molar-refractivity contribution in [2.75, 3.05) is 6.54 Å². The zero-order chi connectivity index (χ0) is 22.9. The summed E-state index contributed by atoms with van der Waals surface area (Å²) in [6.07, 6.45) is 8.27. The highest BCUT2D eigenvalue weighted by Gasteiger charge is 2.29. The Balaban J connectivity index is 1.47. The normalized spacial score (nSPS) is 18.2. The Labute approximate surface area is 190 Å². The predicted octanol–water partition coefficient (Wildman–Crippen LogP) is 4.49.